The van der Waals surface area contributed by atoms with Crippen molar-refractivity contribution in [2.45, 2.75) is 6.92 Å². The quantitative estimate of drug-likeness (QED) is 0.767. The third-order valence-electron chi connectivity index (χ3n) is 2.25. The molecule has 0 saturated carbocycles. The van der Waals surface area contributed by atoms with Crippen molar-refractivity contribution in [1.29, 1.82) is 0 Å². The fraction of sp³-hybridized carbons (Fsp3) is 0.182. The third kappa shape index (κ3) is 1.67. The molecule has 0 bridgehead atoms. The Morgan fingerprint density at radius 3 is 2.81 bits per heavy atom. The summed E-state index contributed by atoms with van der Waals surface area (Å²) in [6.45, 7) is 1.35. The highest BCUT2D eigenvalue weighted by Crippen LogP contribution is 2.16. The molecule has 0 unspecified atom stereocenters. The first-order valence-electron chi connectivity index (χ1n) is 4.71. The summed E-state index contributed by atoms with van der Waals surface area (Å²) in [6.07, 6.45) is 0. The summed E-state index contributed by atoms with van der Waals surface area (Å²) in [4.78, 5) is 29.2. The van der Waals surface area contributed by atoms with E-state index in [4.69, 9.17) is 4.74 Å². The number of rotatable bonds is 2. The number of aromatic amines is 1. The van der Waals surface area contributed by atoms with Crippen LogP contribution in [0, 0.1) is 0 Å². The molecule has 2 rings (SSSR count). The van der Waals surface area contributed by atoms with E-state index >= 15 is 0 Å². The molecule has 5 heteroatoms. The number of nitrogens with one attached hydrogen (secondary N) is 1. The van der Waals surface area contributed by atoms with Crippen molar-refractivity contribution in [1.82, 2.24) is 9.97 Å². The number of hydrogen-bond donors (Lipinski definition) is 1. The number of methoxy groups -OCH3 is 1. The highest BCUT2D eigenvalue weighted by atomic mass is 16.5. The van der Waals surface area contributed by atoms with Gasteiger partial charge in [-0.15, -0.1) is 0 Å². The summed E-state index contributed by atoms with van der Waals surface area (Å²) in [5.74, 6) is 0.382. The van der Waals surface area contributed by atoms with Crippen LogP contribution in [0.1, 0.15) is 17.5 Å². The molecule has 0 saturated heterocycles. The van der Waals surface area contributed by atoms with Crippen molar-refractivity contribution in [2.75, 3.05) is 7.11 Å². The highest BCUT2D eigenvalue weighted by molar-refractivity contribution is 5.92. The molecule has 0 atom stereocenters. The smallest absolute Gasteiger partial charge is 0.259 e. The van der Waals surface area contributed by atoms with Crippen LogP contribution in [0.4, 0.5) is 0 Å². The molecule has 0 spiro atoms. The fourth-order valence-electron chi connectivity index (χ4n) is 1.41. The standard InChI is InChI=1S/C11H10N2O3/c1-6(14)10-12-9-5-7(16-2)3-4-8(9)11(15)13-10/h3-5H,1-2H3,(H,12,13,15). The number of hydrogen-bond acceptors (Lipinski definition) is 4. The van der Waals surface area contributed by atoms with Gasteiger partial charge in [-0.3, -0.25) is 9.59 Å². The topological polar surface area (TPSA) is 72.1 Å². The lowest BCUT2D eigenvalue weighted by Crippen LogP contribution is -2.14. The van der Waals surface area contributed by atoms with Crippen molar-refractivity contribution < 1.29 is 9.53 Å². The predicted molar refractivity (Wildman–Crippen MR) is 58.9 cm³/mol. The molecule has 1 N–H and O–H groups in total. The maximum atomic E-state index is 11.6. The normalized spacial score (nSPS) is 10.4. The second-order valence-corrected chi connectivity index (χ2v) is 3.35. The Bertz CT molecular complexity index is 616. The molecular weight excluding hydrogens is 208 g/mol. The van der Waals surface area contributed by atoms with Crippen LogP contribution in [-0.4, -0.2) is 22.9 Å². The van der Waals surface area contributed by atoms with Gasteiger partial charge in [0.2, 0.25) is 0 Å². The van der Waals surface area contributed by atoms with Gasteiger partial charge in [-0.1, -0.05) is 0 Å². The molecule has 82 valence electrons. The van der Waals surface area contributed by atoms with Gasteiger partial charge < -0.3 is 9.72 Å². The first-order chi connectivity index (χ1) is 7.61. The average molecular weight is 218 g/mol. The maximum absolute atomic E-state index is 11.6. The van der Waals surface area contributed by atoms with Crippen molar-refractivity contribution in [3.8, 4) is 5.75 Å². The predicted octanol–water partition coefficient (Wildman–Crippen LogP) is 1.13. The minimum Gasteiger partial charge on any atom is -0.497 e. The number of nitrogens with zero attached hydrogens (tertiary/aromatic N) is 1. The molecule has 1 aromatic carbocycles. The number of benzene rings is 1. The summed E-state index contributed by atoms with van der Waals surface area (Å²) in [5, 5.41) is 0.436. The highest BCUT2D eigenvalue weighted by Gasteiger charge is 2.07. The Morgan fingerprint density at radius 2 is 2.19 bits per heavy atom. The van der Waals surface area contributed by atoms with Gasteiger partial charge in [0.1, 0.15) is 5.75 Å². The number of fused-ring (bicyclic) bond motifs is 1. The van der Waals surface area contributed by atoms with Gasteiger partial charge in [0.05, 0.1) is 18.0 Å². The zero-order valence-corrected chi connectivity index (χ0v) is 8.90. The van der Waals surface area contributed by atoms with Crippen LogP contribution in [0.15, 0.2) is 23.0 Å². The number of carbonyl (C=O) groups is 1. The van der Waals surface area contributed by atoms with Crippen LogP contribution in [0.5, 0.6) is 5.75 Å². The zero-order chi connectivity index (χ0) is 11.7. The van der Waals surface area contributed by atoms with Gasteiger partial charge in [-0.2, -0.15) is 0 Å². The molecular formula is C11H10N2O3. The lowest BCUT2D eigenvalue weighted by atomic mass is 10.2. The summed E-state index contributed by atoms with van der Waals surface area (Å²) >= 11 is 0. The number of H-pyrrole nitrogens is 1. The zero-order valence-electron chi connectivity index (χ0n) is 8.90. The van der Waals surface area contributed by atoms with Crippen molar-refractivity contribution in [3.63, 3.8) is 0 Å². The Balaban J connectivity index is 2.78. The number of aromatic nitrogens is 2. The van der Waals surface area contributed by atoms with E-state index in [9.17, 15) is 9.59 Å². The minimum atomic E-state index is -0.321. The van der Waals surface area contributed by atoms with Crippen LogP contribution in [0.25, 0.3) is 10.9 Å². The van der Waals surface area contributed by atoms with E-state index in [-0.39, 0.29) is 17.2 Å². The van der Waals surface area contributed by atoms with Gasteiger partial charge in [-0.05, 0) is 12.1 Å². The van der Waals surface area contributed by atoms with Crippen LogP contribution in [-0.2, 0) is 0 Å². The first-order valence-corrected chi connectivity index (χ1v) is 4.71. The first kappa shape index (κ1) is 10.4. The van der Waals surface area contributed by atoms with E-state index in [1.54, 1.807) is 18.2 Å². The largest absolute Gasteiger partial charge is 0.497 e. The second-order valence-electron chi connectivity index (χ2n) is 3.35. The average Bonchev–Trinajstić information content (AvgIpc) is 2.28. The van der Waals surface area contributed by atoms with Gasteiger partial charge in [0, 0.05) is 13.0 Å². The van der Waals surface area contributed by atoms with Gasteiger partial charge in [0.15, 0.2) is 11.6 Å². The summed E-state index contributed by atoms with van der Waals surface area (Å²) < 4.78 is 5.03. The number of Topliss-reactive ketones (excluding diaryl/α,β-unsaturated/α-hetero) is 1. The molecule has 0 amide bonds. The molecule has 5 nitrogen and oxygen atoms in total. The molecule has 0 radical (unpaired) electrons. The van der Waals surface area contributed by atoms with Crippen LogP contribution >= 0.6 is 0 Å². The second kappa shape index (κ2) is 3.77. The van der Waals surface area contributed by atoms with Gasteiger partial charge >= 0.3 is 0 Å². The summed E-state index contributed by atoms with van der Waals surface area (Å²) in [5.41, 5.74) is 0.131. The molecule has 0 aliphatic rings. The molecule has 2 aromatic rings. The summed E-state index contributed by atoms with van der Waals surface area (Å²) in [6, 6.07) is 4.91. The number of carbonyl (C=O) groups excluding carboxylic acids is 1. The minimum absolute atomic E-state index is 0.0609. The van der Waals surface area contributed by atoms with E-state index in [1.807, 2.05) is 0 Å². The Morgan fingerprint density at radius 1 is 1.44 bits per heavy atom. The Hall–Kier alpha value is -2.17. The SMILES string of the molecule is COc1ccc2c(=O)[nH]c(C(C)=O)nc2c1. The third-order valence-corrected chi connectivity index (χ3v) is 2.25. The molecule has 0 aliphatic carbocycles. The van der Waals surface area contributed by atoms with E-state index in [1.165, 1.54) is 14.0 Å². The molecule has 0 aliphatic heterocycles. The van der Waals surface area contributed by atoms with E-state index in [0.29, 0.717) is 16.7 Å². The van der Waals surface area contributed by atoms with E-state index in [0.717, 1.165) is 0 Å². The van der Waals surface area contributed by atoms with Gasteiger partial charge in [-0.25, -0.2) is 4.98 Å². The van der Waals surface area contributed by atoms with Crippen molar-refractivity contribution >= 4 is 16.7 Å². The number of ketones is 1. The molecule has 0 fully saturated rings. The van der Waals surface area contributed by atoms with Crippen molar-refractivity contribution in [2.24, 2.45) is 0 Å². The van der Waals surface area contributed by atoms with E-state index < -0.39 is 0 Å². The van der Waals surface area contributed by atoms with Gasteiger partial charge in [0.25, 0.3) is 5.56 Å². The lowest BCUT2D eigenvalue weighted by Gasteiger charge is -2.02. The lowest BCUT2D eigenvalue weighted by molar-refractivity contribution is 0.100. The molecule has 1 heterocycles. The monoisotopic (exact) mass is 218 g/mol. The Kier molecular flexibility index (Phi) is 2.44. The van der Waals surface area contributed by atoms with Crippen LogP contribution < -0.4 is 10.3 Å². The summed E-state index contributed by atoms with van der Waals surface area (Å²) in [7, 11) is 1.53. The van der Waals surface area contributed by atoms with Crippen LogP contribution in [0.2, 0.25) is 0 Å². The fourth-order valence-corrected chi connectivity index (χ4v) is 1.41. The molecule has 16 heavy (non-hydrogen) atoms. The van der Waals surface area contributed by atoms with Crippen LogP contribution in [0.3, 0.4) is 0 Å². The van der Waals surface area contributed by atoms with E-state index in [2.05, 4.69) is 9.97 Å². The number of ether oxygens (including phenoxy) is 1. The van der Waals surface area contributed by atoms with Crippen molar-refractivity contribution in [3.05, 3.63) is 34.4 Å². The molecule has 1 aromatic heterocycles. The Labute approximate surface area is 91.1 Å². The maximum Gasteiger partial charge on any atom is 0.259 e.